The number of hydrogen-bond acceptors (Lipinski definition) is 6. The van der Waals surface area contributed by atoms with Gasteiger partial charge in [-0.3, -0.25) is 10.0 Å². The molecule has 5 nitrogen and oxygen atoms in total. The van der Waals surface area contributed by atoms with E-state index in [0.29, 0.717) is 12.4 Å². The van der Waals surface area contributed by atoms with Crippen LogP contribution in [0.3, 0.4) is 0 Å². The first-order chi connectivity index (χ1) is 13.1. The highest BCUT2D eigenvalue weighted by Crippen LogP contribution is 2.29. The lowest BCUT2D eigenvalue weighted by Gasteiger charge is -2.19. The monoisotopic (exact) mass is 383 g/mol. The van der Waals surface area contributed by atoms with Crippen molar-refractivity contribution in [3.05, 3.63) is 60.2 Å². The van der Waals surface area contributed by atoms with Crippen molar-refractivity contribution in [2.75, 3.05) is 26.6 Å². The summed E-state index contributed by atoms with van der Waals surface area (Å²) in [6, 6.07) is 13.5. The standard InChI is InChI=1S/C21H25N3O2S/c1-16(2)14-24(15-27-21-9-7-6-8-19(21)22-3)23-13-17-12-18(25-4)10-11-20(17)26-5/h6-13H,1,3,14-15H2,2,4-5H3/b23-13+. The van der Waals surface area contributed by atoms with Gasteiger partial charge in [-0.1, -0.05) is 24.3 Å². The molecule has 0 radical (unpaired) electrons. The lowest BCUT2D eigenvalue weighted by Crippen LogP contribution is -2.19. The zero-order chi connectivity index (χ0) is 19.6. The van der Waals surface area contributed by atoms with Gasteiger partial charge in [0, 0.05) is 10.5 Å². The van der Waals surface area contributed by atoms with Crippen LogP contribution < -0.4 is 9.47 Å². The van der Waals surface area contributed by atoms with Crippen LogP contribution in [0.2, 0.25) is 0 Å². The Morgan fingerprint density at radius 2 is 1.96 bits per heavy atom. The number of hydrazone groups is 1. The average Bonchev–Trinajstić information content (AvgIpc) is 2.69. The van der Waals surface area contributed by atoms with Crippen LogP contribution in [0.5, 0.6) is 11.5 Å². The summed E-state index contributed by atoms with van der Waals surface area (Å²) in [6.45, 7) is 10.3. The molecular weight excluding hydrogens is 358 g/mol. The molecule has 0 heterocycles. The van der Waals surface area contributed by atoms with Crippen LogP contribution in [-0.2, 0) is 0 Å². The Bertz CT molecular complexity index is 821. The third-order valence-electron chi connectivity index (χ3n) is 3.65. The SMILES string of the molecule is C=Nc1ccccc1SCN(CC(=C)C)/N=C/c1cc(OC)ccc1OC. The van der Waals surface area contributed by atoms with E-state index in [2.05, 4.69) is 23.4 Å². The summed E-state index contributed by atoms with van der Waals surface area (Å²) in [5, 5.41) is 6.58. The van der Waals surface area contributed by atoms with E-state index in [-0.39, 0.29) is 0 Å². The van der Waals surface area contributed by atoms with Gasteiger partial charge in [-0.25, -0.2) is 0 Å². The number of aliphatic imine (C=N–C) groups is 1. The Kier molecular flexibility index (Phi) is 7.95. The predicted molar refractivity (Wildman–Crippen MR) is 115 cm³/mol. The molecule has 0 amide bonds. The van der Waals surface area contributed by atoms with Crippen molar-refractivity contribution in [1.29, 1.82) is 0 Å². The highest BCUT2D eigenvalue weighted by molar-refractivity contribution is 7.99. The fourth-order valence-corrected chi connectivity index (χ4v) is 3.27. The fraction of sp³-hybridized carbons (Fsp3) is 0.238. The lowest BCUT2D eigenvalue weighted by atomic mass is 10.2. The molecule has 0 fully saturated rings. The van der Waals surface area contributed by atoms with Gasteiger partial charge in [0.05, 0.1) is 38.5 Å². The fourth-order valence-electron chi connectivity index (χ4n) is 2.37. The van der Waals surface area contributed by atoms with Crippen LogP contribution >= 0.6 is 11.8 Å². The third-order valence-corrected chi connectivity index (χ3v) is 4.74. The smallest absolute Gasteiger partial charge is 0.127 e. The van der Waals surface area contributed by atoms with Crippen LogP contribution in [-0.4, -0.2) is 44.6 Å². The molecular formula is C21H25N3O2S. The molecule has 6 heteroatoms. The minimum absolute atomic E-state index is 0.652. The third kappa shape index (κ3) is 6.18. The van der Waals surface area contributed by atoms with E-state index >= 15 is 0 Å². The number of methoxy groups -OCH3 is 2. The molecule has 142 valence electrons. The molecule has 0 saturated heterocycles. The minimum atomic E-state index is 0.652. The van der Waals surface area contributed by atoms with Crippen molar-refractivity contribution < 1.29 is 9.47 Å². The maximum atomic E-state index is 5.41. The molecule has 0 atom stereocenters. The van der Waals surface area contributed by atoms with Gasteiger partial charge >= 0.3 is 0 Å². The Balaban J connectivity index is 2.18. The van der Waals surface area contributed by atoms with Crippen molar-refractivity contribution >= 4 is 30.4 Å². The first-order valence-corrected chi connectivity index (χ1v) is 9.39. The minimum Gasteiger partial charge on any atom is -0.497 e. The number of nitrogens with zero attached hydrogens (tertiary/aromatic N) is 3. The second kappa shape index (κ2) is 10.4. The van der Waals surface area contributed by atoms with Gasteiger partial charge in [-0.05, 0) is 44.0 Å². The number of benzene rings is 2. The maximum Gasteiger partial charge on any atom is 0.127 e. The molecule has 2 aromatic rings. The summed E-state index contributed by atoms with van der Waals surface area (Å²) >= 11 is 1.66. The van der Waals surface area contributed by atoms with E-state index in [0.717, 1.165) is 33.2 Å². The second-order valence-electron chi connectivity index (χ2n) is 5.87. The van der Waals surface area contributed by atoms with E-state index in [1.165, 1.54) is 0 Å². The van der Waals surface area contributed by atoms with Gasteiger partial charge in [-0.15, -0.1) is 11.8 Å². The molecule has 0 saturated carbocycles. The Morgan fingerprint density at radius 3 is 2.63 bits per heavy atom. The van der Waals surface area contributed by atoms with Crippen molar-refractivity contribution in [2.24, 2.45) is 10.1 Å². The molecule has 0 bridgehead atoms. The summed E-state index contributed by atoms with van der Waals surface area (Å²) in [6.07, 6.45) is 1.78. The number of hydrogen-bond donors (Lipinski definition) is 0. The van der Waals surface area contributed by atoms with Gasteiger partial charge in [0.25, 0.3) is 0 Å². The normalized spacial score (nSPS) is 10.6. The van der Waals surface area contributed by atoms with Gasteiger partial charge in [0.15, 0.2) is 0 Å². The molecule has 0 unspecified atom stereocenters. The van der Waals surface area contributed by atoms with Crippen molar-refractivity contribution in [3.63, 3.8) is 0 Å². The highest BCUT2D eigenvalue weighted by atomic mass is 32.2. The highest BCUT2D eigenvalue weighted by Gasteiger charge is 2.07. The van der Waals surface area contributed by atoms with Crippen molar-refractivity contribution in [2.45, 2.75) is 11.8 Å². The quantitative estimate of drug-likeness (QED) is 0.190. The first kappa shape index (κ1) is 20.6. The van der Waals surface area contributed by atoms with Crippen LogP contribution in [0.25, 0.3) is 0 Å². The number of rotatable bonds is 10. The Morgan fingerprint density at radius 1 is 1.19 bits per heavy atom. The summed E-state index contributed by atoms with van der Waals surface area (Å²) in [5.74, 6) is 2.15. The van der Waals surface area contributed by atoms with Gasteiger partial charge < -0.3 is 9.47 Å². The van der Waals surface area contributed by atoms with E-state index in [1.807, 2.05) is 54.4 Å². The van der Waals surface area contributed by atoms with E-state index in [1.54, 1.807) is 32.2 Å². The zero-order valence-corrected chi connectivity index (χ0v) is 16.8. The summed E-state index contributed by atoms with van der Waals surface area (Å²) in [7, 11) is 3.28. The van der Waals surface area contributed by atoms with Crippen molar-refractivity contribution in [1.82, 2.24) is 5.01 Å². The topological polar surface area (TPSA) is 46.4 Å². The average molecular weight is 384 g/mol. The summed E-state index contributed by atoms with van der Waals surface area (Å²) < 4.78 is 10.7. The first-order valence-electron chi connectivity index (χ1n) is 8.41. The van der Waals surface area contributed by atoms with Crippen molar-refractivity contribution in [3.8, 4) is 11.5 Å². The Hall–Kier alpha value is -2.73. The van der Waals surface area contributed by atoms with E-state index < -0.39 is 0 Å². The molecule has 27 heavy (non-hydrogen) atoms. The number of ether oxygens (including phenoxy) is 2. The van der Waals surface area contributed by atoms with E-state index in [9.17, 15) is 0 Å². The molecule has 0 spiro atoms. The molecule has 0 aliphatic heterocycles. The number of para-hydroxylation sites is 1. The lowest BCUT2D eigenvalue weighted by molar-refractivity contribution is 0.371. The van der Waals surface area contributed by atoms with Crippen LogP contribution in [0, 0.1) is 0 Å². The summed E-state index contributed by atoms with van der Waals surface area (Å²) in [5.41, 5.74) is 2.75. The molecule has 0 N–H and O–H groups in total. The zero-order valence-electron chi connectivity index (χ0n) is 16.0. The van der Waals surface area contributed by atoms with E-state index in [4.69, 9.17) is 9.47 Å². The number of thioether (sulfide) groups is 1. The van der Waals surface area contributed by atoms with Crippen LogP contribution in [0.4, 0.5) is 5.69 Å². The summed E-state index contributed by atoms with van der Waals surface area (Å²) in [4.78, 5) is 5.13. The second-order valence-corrected chi connectivity index (χ2v) is 6.86. The maximum absolute atomic E-state index is 5.41. The molecule has 0 aliphatic rings. The van der Waals surface area contributed by atoms with Crippen LogP contribution in [0.1, 0.15) is 12.5 Å². The molecule has 2 aromatic carbocycles. The molecule has 2 rings (SSSR count). The van der Waals surface area contributed by atoms with Gasteiger partial charge in [-0.2, -0.15) is 5.10 Å². The predicted octanol–water partition coefficient (Wildman–Crippen LogP) is 5.00. The molecule has 0 aromatic heterocycles. The van der Waals surface area contributed by atoms with Gasteiger partial charge in [0.1, 0.15) is 11.5 Å². The molecule has 0 aliphatic carbocycles. The van der Waals surface area contributed by atoms with Gasteiger partial charge in [0.2, 0.25) is 0 Å². The largest absolute Gasteiger partial charge is 0.497 e. The Labute approximate surface area is 165 Å². The van der Waals surface area contributed by atoms with Crippen LogP contribution in [0.15, 0.2) is 69.6 Å².